The molecule has 0 amide bonds. The quantitative estimate of drug-likeness (QED) is 0.825. The minimum Gasteiger partial charge on any atom is -0.315 e. The zero-order chi connectivity index (χ0) is 16.5. The van der Waals surface area contributed by atoms with E-state index in [-0.39, 0.29) is 16.9 Å². The van der Waals surface area contributed by atoms with Crippen molar-refractivity contribution in [2.45, 2.75) is 29.2 Å². The first kappa shape index (κ1) is 17.3. The molecular weight excluding hydrogens is 331 g/mol. The minimum atomic E-state index is -3.90. The van der Waals surface area contributed by atoms with Crippen LogP contribution in [0.15, 0.2) is 28.0 Å². The molecule has 1 fully saturated rings. The van der Waals surface area contributed by atoms with E-state index in [1.54, 1.807) is 0 Å². The second kappa shape index (κ2) is 6.23. The SMILES string of the molecule is CC1CCNCC1NS(=O)(=O)c1ccc(S(C)(=O)=O)c(F)c1. The third kappa shape index (κ3) is 3.83. The van der Waals surface area contributed by atoms with Gasteiger partial charge in [-0.25, -0.2) is 25.9 Å². The number of rotatable bonds is 4. The van der Waals surface area contributed by atoms with Crippen LogP contribution in [0.1, 0.15) is 13.3 Å². The van der Waals surface area contributed by atoms with E-state index in [0.717, 1.165) is 37.4 Å². The maximum atomic E-state index is 13.8. The van der Waals surface area contributed by atoms with Crippen LogP contribution in [-0.2, 0) is 19.9 Å². The van der Waals surface area contributed by atoms with Crippen molar-refractivity contribution >= 4 is 19.9 Å². The van der Waals surface area contributed by atoms with Crippen LogP contribution < -0.4 is 10.0 Å². The Morgan fingerprint density at radius 3 is 2.50 bits per heavy atom. The zero-order valence-electron chi connectivity index (χ0n) is 12.3. The lowest BCUT2D eigenvalue weighted by Crippen LogP contribution is -2.50. The van der Waals surface area contributed by atoms with E-state index in [9.17, 15) is 21.2 Å². The number of hydrogen-bond acceptors (Lipinski definition) is 5. The van der Waals surface area contributed by atoms with Crippen molar-refractivity contribution in [2.75, 3.05) is 19.3 Å². The fraction of sp³-hybridized carbons (Fsp3) is 0.538. The first-order chi connectivity index (χ1) is 10.1. The smallest absolute Gasteiger partial charge is 0.240 e. The summed E-state index contributed by atoms with van der Waals surface area (Å²) in [4.78, 5) is -0.797. The molecule has 0 radical (unpaired) electrons. The van der Waals surface area contributed by atoms with Crippen LogP contribution in [0, 0.1) is 11.7 Å². The van der Waals surface area contributed by atoms with Crippen LogP contribution >= 0.6 is 0 Å². The second-order valence-corrected chi connectivity index (χ2v) is 9.26. The van der Waals surface area contributed by atoms with Gasteiger partial charge in [-0.1, -0.05) is 6.92 Å². The normalized spacial score (nSPS) is 23.4. The fourth-order valence-electron chi connectivity index (χ4n) is 2.36. The predicted octanol–water partition coefficient (Wildman–Crippen LogP) is 0.505. The van der Waals surface area contributed by atoms with E-state index in [2.05, 4.69) is 10.0 Å². The maximum absolute atomic E-state index is 13.8. The van der Waals surface area contributed by atoms with E-state index >= 15 is 0 Å². The summed E-state index contributed by atoms with van der Waals surface area (Å²) in [5.41, 5.74) is 0. The van der Waals surface area contributed by atoms with Gasteiger partial charge in [-0.3, -0.25) is 0 Å². The van der Waals surface area contributed by atoms with Gasteiger partial charge in [0.1, 0.15) is 10.7 Å². The molecule has 2 atom stereocenters. The van der Waals surface area contributed by atoms with Crippen molar-refractivity contribution in [1.82, 2.24) is 10.0 Å². The fourth-order valence-corrected chi connectivity index (χ4v) is 4.45. The van der Waals surface area contributed by atoms with Gasteiger partial charge in [-0.15, -0.1) is 0 Å². The molecule has 9 heteroatoms. The van der Waals surface area contributed by atoms with E-state index in [1.165, 1.54) is 0 Å². The Hall–Kier alpha value is -1.03. The second-order valence-electron chi connectivity index (χ2n) is 5.56. The molecule has 0 spiro atoms. The third-order valence-electron chi connectivity index (χ3n) is 3.75. The summed E-state index contributed by atoms with van der Waals surface area (Å²) in [5.74, 6) is -0.906. The summed E-state index contributed by atoms with van der Waals surface area (Å²) < 4.78 is 63.7. The van der Waals surface area contributed by atoms with Crippen LogP contribution in [-0.4, -0.2) is 42.2 Å². The molecule has 2 rings (SSSR count). The van der Waals surface area contributed by atoms with E-state index in [0.29, 0.717) is 6.54 Å². The molecule has 0 aliphatic carbocycles. The largest absolute Gasteiger partial charge is 0.315 e. The molecule has 2 N–H and O–H groups in total. The molecule has 0 aromatic heterocycles. The van der Waals surface area contributed by atoms with E-state index in [1.807, 2.05) is 6.92 Å². The van der Waals surface area contributed by atoms with Crippen molar-refractivity contribution in [3.63, 3.8) is 0 Å². The van der Waals surface area contributed by atoms with Crippen LogP contribution in [0.3, 0.4) is 0 Å². The topological polar surface area (TPSA) is 92.3 Å². The van der Waals surface area contributed by atoms with Crippen LogP contribution in [0.5, 0.6) is 0 Å². The van der Waals surface area contributed by atoms with Gasteiger partial charge >= 0.3 is 0 Å². The molecule has 124 valence electrons. The molecule has 1 aliphatic heterocycles. The Labute approximate surface area is 130 Å². The molecule has 1 aromatic rings. The monoisotopic (exact) mass is 350 g/mol. The third-order valence-corrected chi connectivity index (χ3v) is 6.36. The minimum absolute atomic E-state index is 0.163. The van der Waals surface area contributed by atoms with Crippen molar-refractivity contribution in [1.29, 1.82) is 0 Å². The molecule has 0 saturated carbocycles. The van der Waals surface area contributed by atoms with Crippen LogP contribution in [0.25, 0.3) is 0 Å². The molecule has 2 unspecified atom stereocenters. The molecule has 1 saturated heterocycles. The number of piperidine rings is 1. The highest BCUT2D eigenvalue weighted by Crippen LogP contribution is 2.20. The Morgan fingerprint density at radius 1 is 1.27 bits per heavy atom. The van der Waals surface area contributed by atoms with Crippen molar-refractivity contribution in [2.24, 2.45) is 5.92 Å². The highest BCUT2D eigenvalue weighted by molar-refractivity contribution is 7.90. The summed E-state index contributed by atoms with van der Waals surface area (Å²) in [7, 11) is -7.63. The van der Waals surface area contributed by atoms with Crippen molar-refractivity contribution in [3.05, 3.63) is 24.0 Å². The number of sulfone groups is 1. The molecular formula is C13H19FN2O4S2. The lowest BCUT2D eigenvalue weighted by molar-refractivity contribution is 0.327. The highest BCUT2D eigenvalue weighted by atomic mass is 32.2. The van der Waals surface area contributed by atoms with Crippen LogP contribution in [0.2, 0.25) is 0 Å². The maximum Gasteiger partial charge on any atom is 0.240 e. The van der Waals surface area contributed by atoms with Crippen molar-refractivity contribution in [3.8, 4) is 0 Å². The summed E-state index contributed by atoms with van der Waals surface area (Å²) >= 11 is 0. The Bertz CT molecular complexity index is 762. The number of nitrogens with one attached hydrogen (secondary N) is 2. The Balaban J connectivity index is 2.28. The standard InChI is InChI=1S/C13H19FN2O4S2/c1-9-5-6-15-8-12(9)16-22(19,20)10-3-4-13(11(14)7-10)21(2,17)18/h3-4,7,9,12,15-16H,5-6,8H2,1-2H3. The summed E-state index contributed by atoms with van der Waals surface area (Å²) in [6.07, 6.45) is 1.71. The summed E-state index contributed by atoms with van der Waals surface area (Å²) in [5, 5.41) is 3.10. The van der Waals surface area contributed by atoms with Gasteiger partial charge in [0.15, 0.2) is 9.84 Å². The van der Waals surface area contributed by atoms with Gasteiger partial charge < -0.3 is 5.32 Å². The lowest BCUT2D eigenvalue weighted by Gasteiger charge is -2.30. The average molecular weight is 350 g/mol. The highest BCUT2D eigenvalue weighted by Gasteiger charge is 2.27. The number of halogens is 1. The molecule has 1 aliphatic rings. The van der Waals surface area contributed by atoms with Crippen LogP contribution in [0.4, 0.5) is 4.39 Å². The summed E-state index contributed by atoms with van der Waals surface area (Å²) in [6, 6.07) is 2.53. The van der Waals surface area contributed by atoms with Gasteiger partial charge in [0, 0.05) is 18.8 Å². The molecule has 0 bridgehead atoms. The first-order valence-corrected chi connectivity index (χ1v) is 10.2. The number of hydrogen-bond donors (Lipinski definition) is 2. The molecule has 1 heterocycles. The summed E-state index contributed by atoms with van der Waals surface area (Å²) in [6.45, 7) is 3.28. The number of sulfonamides is 1. The van der Waals surface area contributed by atoms with Crippen molar-refractivity contribution < 1.29 is 21.2 Å². The Kier molecular flexibility index (Phi) is 4.90. The van der Waals surface area contributed by atoms with Gasteiger partial charge in [0.25, 0.3) is 0 Å². The van der Waals surface area contributed by atoms with E-state index < -0.39 is 30.6 Å². The predicted molar refractivity (Wildman–Crippen MR) is 80.3 cm³/mol. The van der Waals surface area contributed by atoms with Gasteiger partial charge in [0.2, 0.25) is 10.0 Å². The molecule has 22 heavy (non-hydrogen) atoms. The van der Waals surface area contributed by atoms with E-state index in [4.69, 9.17) is 0 Å². The Morgan fingerprint density at radius 2 is 1.95 bits per heavy atom. The lowest BCUT2D eigenvalue weighted by atomic mass is 9.96. The zero-order valence-corrected chi connectivity index (χ0v) is 14.0. The average Bonchev–Trinajstić information content (AvgIpc) is 2.39. The molecule has 1 aromatic carbocycles. The first-order valence-electron chi connectivity index (χ1n) is 6.84. The van der Waals surface area contributed by atoms with Gasteiger partial charge in [-0.05, 0) is 37.1 Å². The van der Waals surface area contributed by atoms with Gasteiger partial charge in [-0.2, -0.15) is 0 Å². The van der Waals surface area contributed by atoms with Gasteiger partial charge in [0.05, 0.1) is 4.90 Å². The molecule has 6 nitrogen and oxygen atoms in total. The number of benzene rings is 1.